The van der Waals surface area contributed by atoms with Crippen molar-refractivity contribution in [1.29, 1.82) is 0 Å². The zero-order valence-corrected chi connectivity index (χ0v) is 11.3. The van der Waals surface area contributed by atoms with Crippen molar-refractivity contribution in [3.8, 4) is 5.75 Å². The van der Waals surface area contributed by atoms with E-state index < -0.39 is 0 Å². The monoisotopic (exact) mass is 249 g/mol. The quantitative estimate of drug-likeness (QED) is 0.841. The number of nitrogens with one attached hydrogen (secondary N) is 1. The molecule has 1 fully saturated rings. The molecule has 100 valence electrons. The molecule has 0 unspecified atom stereocenters. The second-order valence-electron chi connectivity index (χ2n) is 5.04. The molecular formula is C15H23NO2. The molecule has 1 aliphatic rings. The maximum Gasteiger partial charge on any atom is 0.124 e. The van der Waals surface area contributed by atoms with Crippen molar-refractivity contribution >= 4 is 0 Å². The summed E-state index contributed by atoms with van der Waals surface area (Å²) >= 11 is 0. The first kappa shape index (κ1) is 13.4. The largest absolute Gasteiger partial charge is 0.491 e. The minimum absolute atomic E-state index is 0.212. The number of hydrogen-bond donors (Lipinski definition) is 1. The van der Waals surface area contributed by atoms with Crippen molar-refractivity contribution in [3.63, 3.8) is 0 Å². The van der Waals surface area contributed by atoms with Gasteiger partial charge in [0.05, 0.1) is 12.2 Å². The van der Waals surface area contributed by atoms with Gasteiger partial charge in [0, 0.05) is 25.3 Å². The predicted octanol–water partition coefficient (Wildman–Crippen LogP) is 2.74. The maximum absolute atomic E-state index is 5.80. The minimum Gasteiger partial charge on any atom is -0.491 e. The third kappa shape index (κ3) is 4.00. The topological polar surface area (TPSA) is 30.5 Å². The molecule has 1 saturated heterocycles. The SMILES string of the molecule is CC(C)Oc1ccccc1CNC[C@H]1CCCO1. The minimum atomic E-state index is 0.212. The Hall–Kier alpha value is -1.06. The van der Waals surface area contributed by atoms with E-state index >= 15 is 0 Å². The highest BCUT2D eigenvalue weighted by Gasteiger charge is 2.14. The molecule has 3 heteroatoms. The lowest BCUT2D eigenvalue weighted by Crippen LogP contribution is -2.26. The summed E-state index contributed by atoms with van der Waals surface area (Å²) in [5.41, 5.74) is 1.21. The standard InChI is InChI=1S/C15H23NO2/c1-12(2)18-15-8-4-3-6-13(15)10-16-11-14-7-5-9-17-14/h3-4,6,8,12,14,16H,5,7,9-11H2,1-2H3/t14-/m1/s1. The van der Waals surface area contributed by atoms with Gasteiger partial charge >= 0.3 is 0 Å². The number of para-hydroxylation sites is 1. The fraction of sp³-hybridized carbons (Fsp3) is 0.600. The number of benzene rings is 1. The van der Waals surface area contributed by atoms with Crippen LogP contribution >= 0.6 is 0 Å². The average Bonchev–Trinajstić information content (AvgIpc) is 2.84. The first-order valence-corrected chi connectivity index (χ1v) is 6.82. The van der Waals surface area contributed by atoms with Crippen LogP contribution in [0.3, 0.4) is 0 Å². The number of rotatable bonds is 6. The van der Waals surface area contributed by atoms with Gasteiger partial charge in [-0.2, -0.15) is 0 Å². The van der Waals surface area contributed by atoms with E-state index in [2.05, 4.69) is 31.3 Å². The van der Waals surface area contributed by atoms with Gasteiger partial charge in [-0.05, 0) is 32.8 Å². The van der Waals surface area contributed by atoms with E-state index in [1.165, 1.54) is 18.4 Å². The van der Waals surface area contributed by atoms with E-state index in [1.54, 1.807) is 0 Å². The lowest BCUT2D eigenvalue weighted by molar-refractivity contribution is 0.110. The number of hydrogen-bond acceptors (Lipinski definition) is 3. The Morgan fingerprint density at radius 1 is 1.39 bits per heavy atom. The zero-order chi connectivity index (χ0) is 12.8. The van der Waals surface area contributed by atoms with Crippen molar-refractivity contribution in [3.05, 3.63) is 29.8 Å². The Bertz CT molecular complexity index is 359. The first-order chi connectivity index (χ1) is 8.75. The molecule has 1 aromatic carbocycles. The average molecular weight is 249 g/mol. The molecule has 0 radical (unpaired) electrons. The van der Waals surface area contributed by atoms with Crippen molar-refractivity contribution in [2.45, 2.75) is 45.4 Å². The second kappa shape index (κ2) is 6.76. The Morgan fingerprint density at radius 2 is 2.22 bits per heavy atom. The molecule has 1 aliphatic heterocycles. The van der Waals surface area contributed by atoms with Crippen LogP contribution in [0.15, 0.2) is 24.3 Å². The van der Waals surface area contributed by atoms with E-state index in [1.807, 2.05) is 12.1 Å². The third-order valence-corrected chi connectivity index (χ3v) is 3.05. The molecule has 0 bridgehead atoms. The van der Waals surface area contributed by atoms with Gasteiger partial charge < -0.3 is 14.8 Å². The molecule has 0 aromatic heterocycles. The maximum atomic E-state index is 5.80. The van der Waals surface area contributed by atoms with Crippen LogP contribution in [0, 0.1) is 0 Å². The predicted molar refractivity (Wildman–Crippen MR) is 72.9 cm³/mol. The summed E-state index contributed by atoms with van der Waals surface area (Å²) < 4.78 is 11.4. The fourth-order valence-corrected chi connectivity index (χ4v) is 2.19. The van der Waals surface area contributed by atoms with Crippen LogP contribution in [0.5, 0.6) is 5.75 Å². The molecule has 1 atom stereocenters. The molecule has 2 rings (SSSR count). The Kier molecular flexibility index (Phi) is 5.02. The van der Waals surface area contributed by atoms with Crippen LogP contribution in [0.2, 0.25) is 0 Å². The van der Waals surface area contributed by atoms with Crippen molar-refractivity contribution in [2.75, 3.05) is 13.2 Å². The summed E-state index contributed by atoms with van der Waals surface area (Å²) in [7, 11) is 0. The van der Waals surface area contributed by atoms with E-state index in [0.29, 0.717) is 6.10 Å². The van der Waals surface area contributed by atoms with E-state index in [4.69, 9.17) is 9.47 Å². The summed E-state index contributed by atoms with van der Waals surface area (Å²) in [4.78, 5) is 0. The molecule has 1 N–H and O–H groups in total. The second-order valence-corrected chi connectivity index (χ2v) is 5.04. The van der Waals surface area contributed by atoms with Crippen LogP contribution in [-0.4, -0.2) is 25.4 Å². The molecule has 1 aromatic rings. The lowest BCUT2D eigenvalue weighted by Gasteiger charge is -2.15. The van der Waals surface area contributed by atoms with Gasteiger partial charge in [-0.3, -0.25) is 0 Å². The zero-order valence-electron chi connectivity index (χ0n) is 11.3. The van der Waals surface area contributed by atoms with Crippen LogP contribution in [0.1, 0.15) is 32.3 Å². The molecule has 1 heterocycles. The van der Waals surface area contributed by atoms with Gasteiger partial charge in [0.2, 0.25) is 0 Å². The summed E-state index contributed by atoms with van der Waals surface area (Å²) in [6.45, 7) is 6.78. The molecule has 18 heavy (non-hydrogen) atoms. The molecule has 0 aliphatic carbocycles. The summed E-state index contributed by atoms with van der Waals surface area (Å²) in [5.74, 6) is 0.979. The molecule has 0 saturated carbocycles. The molecular weight excluding hydrogens is 226 g/mol. The number of ether oxygens (including phenoxy) is 2. The molecule has 3 nitrogen and oxygen atoms in total. The van der Waals surface area contributed by atoms with Gasteiger partial charge in [-0.1, -0.05) is 18.2 Å². The van der Waals surface area contributed by atoms with Gasteiger partial charge in [0.15, 0.2) is 0 Å². The summed E-state index contributed by atoms with van der Waals surface area (Å²) in [6, 6.07) is 8.21. The summed E-state index contributed by atoms with van der Waals surface area (Å²) in [5, 5.41) is 3.45. The molecule has 0 spiro atoms. The van der Waals surface area contributed by atoms with Crippen molar-refractivity contribution < 1.29 is 9.47 Å². The van der Waals surface area contributed by atoms with Crippen molar-refractivity contribution in [1.82, 2.24) is 5.32 Å². The van der Waals surface area contributed by atoms with Crippen LogP contribution in [0.4, 0.5) is 0 Å². The lowest BCUT2D eigenvalue weighted by atomic mass is 10.2. The normalized spacial score (nSPS) is 19.4. The van der Waals surface area contributed by atoms with E-state index in [0.717, 1.165) is 25.4 Å². The highest BCUT2D eigenvalue weighted by atomic mass is 16.5. The smallest absolute Gasteiger partial charge is 0.124 e. The van der Waals surface area contributed by atoms with Crippen LogP contribution in [-0.2, 0) is 11.3 Å². The third-order valence-electron chi connectivity index (χ3n) is 3.05. The highest BCUT2D eigenvalue weighted by Crippen LogP contribution is 2.19. The fourth-order valence-electron chi connectivity index (χ4n) is 2.19. The van der Waals surface area contributed by atoms with Gasteiger partial charge in [0.25, 0.3) is 0 Å². The van der Waals surface area contributed by atoms with Gasteiger partial charge in [-0.25, -0.2) is 0 Å². The first-order valence-electron chi connectivity index (χ1n) is 6.82. The molecule has 0 amide bonds. The van der Waals surface area contributed by atoms with Crippen LogP contribution < -0.4 is 10.1 Å². The van der Waals surface area contributed by atoms with E-state index in [-0.39, 0.29) is 6.10 Å². The highest BCUT2D eigenvalue weighted by molar-refractivity contribution is 5.33. The van der Waals surface area contributed by atoms with Crippen molar-refractivity contribution in [2.24, 2.45) is 0 Å². The Balaban J connectivity index is 1.83. The Morgan fingerprint density at radius 3 is 2.94 bits per heavy atom. The van der Waals surface area contributed by atoms with E-state index in [9.17, 15) is 0 Å². The van der Waals surface area contributed by atoms with Gasteiger partial charge in [-0.15, -0.1) is 0 Å². The van der Waals surface area contributed by atoms with Gasteiger partial charge in [0.1, 0.15) is 5.75 Å². The Labute approximate surface area is 109 Å². The summed E-state index contributed by atoms with van der Waals surface area (Å²) in [6.07, 6.45) is 2.98. The van der Waals surface area contributed by atoms with Crippen LogP contribution in [0.25, 0.3) is 0 Å².